The first-order valence-corrected chi connectivity index (χ1v) is 12.3. The number of halogens is 1. The fourth-order valence-electron chi connectivity index (χ4n) is 3.90. The Morgan fingerprint density at radius 3 is 2.59 bits per heavy atom. The third-order valence-electron chi connectivity index (χ3n) is 5.50. The van der Waals surface area contributed by atoms with Crippen molar-refractivity contribution in [1.29, 1.82) is 0 Å². The number of hydrogen-bond donors (Lipinski definition) is 0. The van der Waals surface area contributed by atoms with Crippen LogP contribution in [-0.2, 0) is 0 Å². The molecule has 0 fully saturated rings. The van der Waals surface area contributed by atoms with Crippen LogP contribution >= 0.6 is 23.1 Å². The van der Waals surface area contributed by atoms with Crippen molar-refractivity contribution in [3.05, 3.63) is 99.3 Å². The second-order valence-corrected chi connectivity index (χ2v) is 9.49. The first-order chi connectivity index (χ1) is 16.4. The molecule has 3 aromatic heterocycles. The molecule has 0 N–H and O–H groups in total. The number of aryl methyl sites for hydroxylation is 1. The maximum Gasteiger partial charge on any atom is 0.266 e. The van der Waals surface area contributed by atoms with Crippen LogP contribution in [-0.4, -0.2) is 30.6 Å². The molecule has 5 aromatic rings. The highest BCUT2D eigenvalue weighted by Crippen LogP contribution is 2.26. The van der Waals surface area contributed by atoms with Gasteiger partial charge in [0.05, 0.1) is 22.3 Å². The third kappa shape index (κ3) is 3.97. The second-order valence-electron chi connectivity index (χ2n) is 7.68. The van der Waals surface area contributed by atoms with Gasteiger partial charge in [0.1, 0.15) is 5.82 Å². The van der Waals surface area contributed by atoms with E-state index in [4.69, 9.17) is 0 Å². The summed E-state index contributed by atoms with van der Waals surface area (Å²) in [7, 11) is 0. The van der Waals surface area contributed by atoms with Gasteiger partial charge in [-0.1, -0.05) is 23.9 Å². The fraction of sp³-hybridized carbons (Fsp3) is 0.120. The van der Waals surface area contributed by atoms with Gasteiger partial charge in [-0.3, -0.25) is 18.7 Å². The standard InChI is InChI=1S/C25H19FN4O2S2/c1-15-13-20(16(2)29(15)24-27-11-12-33-24)22(31)14-34-25-28-21-6-4-3-5-19(21)23(32)30(25)18-9-7-17(26)8-10-18/h3-13H,14H2,1-2H3. The Morgan fingerprint density at radius 1 is 1.09 bits per heavy atom. The van der Waals surface area contributed by atoms with Crippen LogP contribution in [0.3, 0.4) is 0 Å². The minimum Gasteiger partial charge on any atom is -0.294 e. The molecular formula is C25H19FN4O2S2. The number of rotatable bonds is 6. The lowest BCUT2D eigenvalue weighted by Crippen LogP contribution is -2.22. The molecule has 170 valence electrons. The van der Waals surface area contributed by atoms with Crippen molar-refractivity contribution in [2.24, 2.45) is 0 Å². The monoisotopic (exact) mass is 490 g/mol. The molecule has 0 spiro atoms. The minimum atomic E-state index is -0.398. The Morgan fingerprint density at radius 2 is 1.85 bits per heavy atom. The number of ketones is 1. The van der Waals surface area contributed by atoms with E-state index in [1.165, 1.54) is 51.9 Å². The maximum absolute atomic E-state index is 13.5. The summed E-state index contributed by atoms with van der Waals surface area (Å²) < 4.78 is 16.9. The van der Waals surface area contributed by atoms with Crippen LogP contribution in [0.25, 0.3) is 21.7 Å². The number of thiazole rings is 1. The van der Waals surface area contributed by atoms with Gasteiger partial charge in [-0.15, -0.1) is 11.3 Å². The van der Waals surface area contributed by atoms with Gasteiger partial charge in [-0.25, -0.2) is 14.4 Å². The first-order valence-electron chi connectivity index (χ1n) is 10.5. The number of aromatic nitrogens is 4. The van der Waals surface area contributed by atoms with Crippen LogP contribution < -0.4 is 5.56 Å². The number of thioether (sulfide) groups is 1. The summed E-state index contributed by atoms with van der Waals surface area (Å²) in [5, 5.41) is 3.53. The van der Waals surface area contributed by atoms with Gasteiger partial charge in [0.25, 0.3) is 5.56 Å². The van der Waals surface area contributed by atoms with E-state index in [9.17, 15) is 14.0 Å². The lowest BCUT2D eigenvalue weighted by molar-refractivity contribution is 0.102. The number of carbonyl (C=O) groups is 1. The van der Waals surface area contributed by atoms with Crippen LogP contribution in [0.4, 0.5) is 4.39 Å². The van der Waals surface area contributed by atoms with Gasteiger partial charge in [0.15, 0.2) is 16.1 Å². The summed E-state index contributed by atoms with van der Waals surface area (Å²) in [6.45, 7) is 3.84. The Bertz CT molecular complexity index is 1570. The normalized spacial score (nSPS) is 11.3. The Hall–Kier alpha value is -3.56. The van der Waals surface area contributed by atoms with Crippen molar-refractivity contribution in [1.82, 2.24) is 19.1 Å². The van der Waals surface area contributed by atoms with E-state index in [2.05, 4.69) is 9.97 Å². The average molecular weight is 491 g/mol. The lowest BCUT2D eigenvalue weighted by atomic mass is 10.2. The third-order valence-corrected chi connectivity index (χ3v) is 7.20. The molecule has 0 bridgehead atoms. The van der Waals surface area contributed by atoms with E-state index in [1.807, 2.05) is 35.9 Å². The van der Waals surface area contributed by atoms with E-state index < -0.39 is 5.82 Å². The topological polar surface area (TPSA) is 69.8 Å². The average Bonchev–Trinajstić information content (AvgIpc) is 3.46. The second kappa shape index (κ2) is 9.00. The van der Waals surface area contributed by atoms with E-state index >= 15 is 0 Å². The molecule has 0 unspecified atom stereocenters. The predicted octanol–water partition coefficient (Wildman–Crippen LogP) is 5.36. The molecule has 0 aliphatic rings. The van der Waals surface area contributed by atoms with Crippen molar-refractivity contribution in [3.8, 4) is 10.8 Å². The largest absolute Gasteiger partial charge is 0.294 e. The highest BCUT2D eigenvalue weighted by molar-refractivity contribution is 7.99. The van der Waals surface area contributed by atoms with Gasteiger partial charge in [0.2, 0.25) is 0 Å². The van der Waals surface area contributed by atoms with Crippen molar-refractivity contribution in [2.75, 3.05) is 5.75 Å². The quantitative estimate of drug-likeness (QED) is 0.182. The lowest BCUT2D eigenvalue weighted by Gasteiger charge is -2.13. The number of Topliss-reactive ketones (excluding diaryl/α,β-unsaturated/α-hetero) is 1. The molecule has 2 aromatic carbocycles. The van der Waals surface area contributed by atoms with Gasteiger partial charge in [0, 0.05) is 28.5 Å². The molecule has 0 radical (unpaired) electrons. The molecule has 0 aliphatic carbocycles. The molecule has 0 amide bonds. The summed E-state index contributed by atoms with van der Waals surface area (Å²) in [4.78, 5) is 35.5. The van der Waals surface area contributed by atoms with Gasteiger partial charge in [-0.2, -0.15) is 0 Å². The highest BCUT2D eigenvalue weighted by atomic mass is 32.2. The summed E-state index contributed by atoms with van der Waals surface area (Å²) in [5.41, 5.74) is 3.11. The number of para-hydroxylation sites is 1. The van der Waals surface area contributed by atoms with Crippen LogP contribution in [0.15, 0.2) is 76.1 Å². The van der Waals surface area contributed by atoms with Crippen LogP contribution in [0.2, 0.25) is 0 Å². The number of benzene rings is 2. The van der Waals surface area contributed by atoms with Gasteiger partial charge < -0.3 is 0 Å². The summed E-state index contributed by atoms with van der Waals surface area (Å²) in [5.74, 6) is -0.381. The molecular weight excluding hydrogens is 471 g/mol. The van der Waals surface area contributed by atoms with Gasteiger partial charge >= 0.3 is 0 Å². The van der Waals surface area contributed by atoms with Crippen molar-refractivity contribution >= 4 is 39.8 Å². The zero-order chi connectivity index (χ0) is 23.8. The molecule has 5 rings (SSSR count). The molecule has 0 atom stereocenters. The van der Waals surface area contributed by atoms with E-state index in [0.29, 0.717) is 27.3 Å². The van der Waals surface area contributed by atoms with Crippen LogP contribution in [0.5, 0.6) is 0 Å². The van der Waals surface area contributed by atoms with Crippen molar-refractivity contribution in [3.63, 3.8) is 0 Å². The van der Waals surface area contributed by atoms with E-state index in [-0.39, 0.29) is 17.1 Å². The number of fused-ring (bicyclic) bond motifs is 1. The van der Waals surface area contributed by atoms with Crippen molar-refractivity contribution < 1.29 is 9.18 Å². The number of hydrogen-bond acceptors (Lipinski definition) is 6. The summed E-state index contributed by atoms with van der Waals surface area (Å²) in [6.07, 6.45) is 1.73. The highest BCUT2D eigenvalue weighted by Gasteiger charge is 2.20. The fourth-order valence-corrected chi connectivity index (χ4v) is 5.55. The Labute approximate surface area is 202 Å². The van der Waals surface area contributed by atoms with E-state index in [0.717, 1.165) is 16.5 Å². The van der Waals surface area contributed by atoms with Crippen LogP contribution in [0.1, 0.15) is 21.7 Å². The molecule has 6 nitrogen and oxygen atoms in total. The molecule has 9 heteroatoms. The number of nitrogens with zero attached hydrogens (tertiary/aromatic N) is 4. The first kappa shape index (κ1) is 22.2. The van der Waals surface area contributed by atoms with Crippen molar-refractivity contribution in [2.45, 2.75) is 19.0 Å². The SMILES string of the molecule is Cc1cc(C(=O)CSc2nc3ccccc3c(=O)n2-c2ccc(F)cc2)c(C)n1-c1nccs1. The zero-order valence-corrected chi connectivity index (χ0v) is 20.0. The predicted molar refractivity (Wildman–Crippen MR) is 133 cm³/mol. The van der Waals surface area contributed by atoms with E-state index in [1.54, 1.807) is 24.4 Å². The summed E-state index contributed by atoms with van der Waals surface area (Å²) >= 11 is 2.69. The van der Waals surface area contributed by atoms with Gasteiger partial charge in [-0.05, 0) is 56.3 Å². The molecule has 0 saturated heterocycles. The molecule has 34 heavy (non-hydrogen) atoms. The Balaban J connectivity index is 1.52. The van der Waals surface area contributed by atoms with Crippen LogP contribution in [0, 0.1) is 19.7 Å². The minimum absolute atomic E-state index is 0.0750. The number of carbonyl (C=O) groups excluding carboxylic acids is 1. The molecule has 0 aliphatic heterocycles. The zero-order valence-electron chi connectivity index (χ0n) is 18.4. The molecule has 0 saturated carbocycles. The smallest absolute Gasteiger partial charge is 0.266 e. The Kier molecular flexibility index (Phi) is 5.89. The maximum atomic E-state index is 13.5. The molecule has 3 heterocycles. The summed E-state index contributed by atoms with van der Waals surface area (Å²) in [6, 6.07) is 14.6.